The predicted molar refractivity (Wildman–Crippen MR) is 77.4 cm³/mol. The summed E-state index contributed by atoms with van der Waals surface area (Å²) in [7, 11) is 0. The van der Waals surface area contributed by atoms with Crippen LogP contribution in [0.15, 0.2) is 18.2 Å². The molecule has 0 spiro atoms. The van der Waals surface area contributed by atoms with Crippen molar-refractivity contribution in [2.24, 2.45) is 0 Å². The van der Waals surface area contributed by atoms with Gasteiger partial charge in [-0.3, -0.25) is 15.3 Å². The fourth-order valence-corrected chi connectivity index (χ4v) is 3.49. The van der Waals surface area contributed by atoms with Crippen molar-refractivity contribution in [3.63, 3.8) is 0 Å². The first-order valence-electron chi connectivity index (χ1n) is 5.70. The average Bonchev–Trinajstić information content (AvgIpc) is 2.70. The molecule has 0 aliphatic rings. The molecule has 0 aliphatic carbocycles. The first-order valence-corrected chi connectivity index (χ1v) is 7.27. The van der Waals surface area contributed by atoms with E-state index < -0.39 is 0 Å². The summed E-state index contributed by atoms with van der Waals surface area (Å²) in [6.07, 6.45) is 0.503. The van der Waals surface area contributed by atoms with Gasteiger partial charge in [0.25, 0.3) is 0 Å². The third-order valence-electron chi connectivity index (χ3n) is 2.61. The minimum atomic E-state index is -0.303. The van der Waals surface area contributed by atoms with E-state index in [1.165, 1.54) is 11.3 Å². The van der Waals surface area contributed by atoms with Gasteiger partial charge in [-0.15, -0.1) is 11.3 Å². The van der Waals surface area contributed by atoms with Gasteiger partial charge < -0.3 is 0 Å². The first-order chi connectivity index (χ1) is 9.49. The fraction of sp³-hybridized carbons (Fsp3) is 0.250. The van der Waals surface area contributed by atoms with Gasteiger partial charge in [0.1, 0.15) is 5.01 Å². The summed E-state index contributed by atoms with van der Waals surface area (Å²) >= 11 is 13.8. The Bertz CT molecular complexity index is 584. The van der Waals surface area contributed by atoms with Crippen molar-refractivity contribution < 1.29 is 15.3 Å². The number of hydrogen-bond donors (Lipinski definition) is 2. The number of benzene rings is 1. The molecule has 0 bridgehead atoms. The summed E-state index contributed by atoms with van der Waals surface area (Å²) in [6, 6.07) is 5.30. The van der Waals surface area contributed by atoms with Gasteiger partial charge in [-0.25, -0.2) is 4.98 Å². The molecule has 0 radical (unpaired) electrons. The molecular weight excluding hydrogens is 323 g/mol. The van der Waals surface area contributed by atoms with Crippen molar-refractivity contribution in [1.29, 1.82) is 0 Å². The molecule has 1 aromatic heterocycles. The molecule has 8 heteroatoms. The maximum atomic E-state index is 8.48. The van der Waals surface area contributed by atoms with Gasteiger partial charge >= 0.3 is 0 Å². The molecule has 0 aliphatic heterocycles. The van der Waals surface area contributed by atoms with Crippen molar-refractivity contribution in [3.05, 3.63) is 38.8 Å². The molecule has 2 N–H and O–H groups in total. The highest BCUT2D eigenvalue weighted by Crippen LogP contribution is 2.37. The summed E-state index contributed by atoms with van der Waals surface area (Å²) in [5.74, 6) is 0. The van der Waals surface area contributed by atoms with Crippen LogP contribution in [-0.2, 0) is 11.3 Å². The predicted octanol–water partition coefficient (Wildman–Crippen LogP) is 3.98. The van der Waals surface area contributed by atoms with Crippen LogP contribution in [0.1, 0.15) is 10.6 Å². The number of rotatable bonds is 5. The third kappa shape index (κ3) is 3.67. The molecule has 0 unspecified atom stereocenters. The van der Waals surface area contributed by atoms with E-state index >= 15 is 0 Å². The van der Waals surface area contributed by atoms with E-state index in [2.05, 4.69) is 9.82 Å². The third-order valence-corrected chi connectivity index (χ3v) is 4.47. The lowest BCUT2D eigenvalue weighted by Crippen LogP contribution is -2.16. The van der Waals surface area contributed by atoms with Crippen LogP contribution in [0.3, 0.4) is 0 Å². The van der Waals surface area contributed by atoms with Gasteiger partial charge in [-0.1, -0.05) is 29.3 Å². The van der Waals surface area contributed by atoms with Crippen molar-refractivity contribution >= 4 is 34.5 Å². The molecule has 5 nitrogen and oxygen atoms in total. The lowest BCUT2D eigenvalue weighted by Gasteiger charge is -2.04. The molecule has 0 amide bonds. The second-order valence-corrected chi connectivity index (χ2v) is 5.86. The minimum Gasteiger partial charge on any atom is -0.266 e. The van der Waals surface area contributed by atoms with Crippen LogP contribution < -0.4 is 0 Å². The Morgan fingerprint density at radius 3 is 2.55 bits per heavy atom. The summed E-state index contributed by atoms with van der Waals surface area (Å²) in [5.41, 5.74) is 1.55. The maximum Gasteiger partial charge on any atom is 0.126 e. The van der Waals surface area contributed by atoms with Crippen molar-refractivity contribution in [2.75, 3.05) is 6.61 Å². The van der Waals surface area contributed by atoms with Gasteiger partial charge in [0.15, 0.2) is 0 Å². The van der Waals surface area contributed by atoms with Crippen LogP contribution >= 0.6 is 34.5 Å². The van der Waals surface area contributed by atoms with Gasteiger partial charge in [0.2, 0.25) is 0 Å². The van der Waals surface area contributed by atoms with E-state index in [0.717, 1.165) is 15.6 Å². The number of aromatic nitrogens is 1. The normalized spacial score (nSPS) is 11.3. The zero-order valence-corrected chi connectivity index (χ0v) is 12.8. The van der Waals surface area contributed by atoms with Crippen LogP contribution in [0.5, 0.6) is 0 Å². The Labute approximate surface area is 129 Å². The van der Waals surface area contributed by atoms with Gasteiger partial charge in [-0.05, 0) is 19.1 Å². The number of halogens is 2. The second kappa shape index (κ2) is 6.82. The Morgan fingerprint density at radius 2 is 1.95 bits per heavy atom. The molecule has 0 fully saturated rings. The number of aryl methyl sites for hydroxylation is 1. The Kier molecular flexibility index (Phi) is 5.34. The van der Waals surface area contributed by atoms with E-state index in [9.17, 15) is 0 Å². The number of thiazole rings is 1. The fourth-order valence-electron chi connectivity index (χ4n) is 1.69. The largest absolute Gasteiger partial charge is 0.266 e. The molecule has 20 heavy (non-hydrogen) atoms. The topological polar surface area (TPSA) is 65.8 Å². The quantitative estimate of drug-likeness (QED) is 0.809. The van der Waals surface area contributed by atoms with E-state index in [4.69, 9.17) is 33.6 Å². The van der Waals surface area contributed by atoms with E-state index in [1.807, 2.05) is 6.92 Å². The SMILES string of the molecule is Cc1nc(-c2c(Cl)cccc2Cl)sc1CCON(O)O. The van der Waals surface area contributed by atoms with Crippen LogP contribution in [0.2, 0.25) is 10.0 Å². The van der Waals surface area contributed by atoms with Gasteiger partial charge in [-0.2, -0.15) is 0 Å². The zero-order chi connectivity index (χ0) is 14.7. The highest BCUT2D eigenvalue weighted by atomic mass is 35.5. The van der Waals surface area contributed by atoms with Gasteiger partial charge in [0.05, 0.1) is 27.7 Å². The van der Waals surface area contributed by atoms with Crippen molar-refractivity contribution in [3.8, 4) is 10.6 Å². The first kappa shape index (κ1) is 15.7. The molecule has 108 valence electrons. The molecule has 0 saturated heterocycles. The summed E-state index contributed by atoms with van der Waals surface area (Å²) < 4.78 is 0. The summed E-state index contributed by atoms with van der Waals surface area (Å²) in [6.45, 7) is 2.00. The Balaban J connectivity index is 2.23. The highest BCUT2D eigenvalue weighted by molar-refractivity contribution is 7.15. The van der Waals surface area contributed by atoms with Crippen molar-refractivity contribution in [2.45, 2.75) is 13.3 Å². The lowest BCUT2D eigenvalue weighted by molar-refractivity contribution is -0.492. The maximum absolute atomic E-state index is 8.48. The minimum absolute atomic E-state index is 0.131. The molecule has 1 heterocycles. The summed E-state index contributed by atoms with van der Waals surface area (Å²) in [5, 5.41) is 18.5. The lowest BCUT2D eigenvalue weighted by atomic mass is 10.2. The molecule has 1 aromatic carbocycles. The van der Waals surface area contributed by atoms with Gasteiger partial charge in [0, 0.05) is 16.9 Å². The average molecular weight is 335 g/mol. The van der Waals surface area contributed by atoms with Crippen LogP contribution in [0.25, 0.3) is 10.6 Å². The van der Waals surface area contributed by atoms with Crippen LogP contribution in [0, 0.1) is 6.92 Å². The second-order valence-electron chi connectivity index (χ2n) is 3.96. The standard InChI is InChI=1S/C12H12Cl2N2O3S/c1-7-10(5-6-19-16(17)18)20-12(15-7)11-8(13)3-2-4-9(11)14/h2-4,17-18H,5-6H2,1H3. The molecule has 2 aromatic rings. The van der Waals surface area contributed by atoms with Crippen LogP contribution in [-0.4, -0.2) is 27.4 Å². The number of nitrogens with zero attached hydrogens (tertiary/aromatic N) is 2. The molecule has 0 saturated carbocycles. The molecular formula is C12H12Cl2N2O3S. The summed E-state index contributed by atoms with van der Waals surface area (Å²) in [4.78, 5) is 9.96. The van der Waals surface area contributed by atoms with E-state index in [-0.39, 0.29) is 12.0 Å². The van der Waals surface area contributed by atoms with E-state index in [0.29, 0.717) is 22.0 Å². The number of hydrogen-bond acceptors (Lipinski definition) is 6. The Morgan fingerprint density at radius 1 is 1.30 bits per heavy atom. The molecule has 2 rings (SSSR count). The molecule has 0 atom stereocenters. The zero-order valence-electron chi connectivity index (χ0n) is 10.5. The smallest absolute Gasteiger partial charge is 0.126 e. The van der Waals surface area contributed by atoms with Crippen LogP contribution in [0.4, 0.5) is 0 Å². The van der Waals surface area contributed by atoms with E-state index in [1.54, 1.807) is 18.2 Å². The Hall–Kier alpha value is -0.730. The monoisotopic (exact) mass is 334 g/mol. The van der Waals surface area contributed by atoms with Crippen molar-refractivity contribution in [1.82, 2.24) is 10.4 Å². The highest BCUT2D eigenvalue weighted by Gasteiger charge is 2.15.